The summed E-state index contributed by atoms with van der Waals surface area (Å²) in [6.07, 6.45) is 3.23. The average molecular weight is 1530 g/mol. The molecule has 108 heavy (non-hydrogen) atoms. The molecule has 0 spiro atoms. The van der Waals surface area contributed by atoms with E-state index in [1.54, 1.807) is 66.4 Å². The Hall–Kier alpha value is -13.9. The summed E-state index contributed by atoms with van der Waals surface area (Å²) in [6.45, 7) is 4.52. The number of fused-ring (bicyclic) bond motifs is 1. The summed E-state index contributed by atoms with van der Waals surface area (Å²) in [4.78, 5) is 75.4. The fraction of sp³-hybridized carbons (Fsp3) is 0.0400. The van der Waals surface area contributed by atoms with Gasteiger partial charge in [0.1, 0.15) is 5.75 Å². The number of hydrogen-bond acceptors (Lipinski definition) is 20. The SMILES string of the molecule is CCOc1ccc(NNC=O)cc1.Cc1cccc(C(=O)Nc2ccc(NNC=O)cc2)c1.O=CNNc1ccc(NC(=S)Nc2ccccc2)cc1.O=CNNc1ccc(NS(=O)(=O)c2cccc3c(S(=O)(=O)Nc4ccc(NNC=O)cc4)cccc23)cc1.O=CNNc1ccc(Sc2ccccc2)cc1. The first-order chi connectivity index (χ1) is 52.4. The highest BCUT2D eigenvalue weighted by Crippen LogP contribution is 2.32. The molecule has 29 nitrogen and oxygen atoms in total. The van der Waals surface area contributed by atoms with Gasteiger partial charge in [-0.2, -0.15) is 0 Å². The highest BCUT2D eigenvalue weighted by atomic mass is 32.2. The third kappa shape index (κ3) is 28.0. The molecule has 0 heterocycles. The van der Waals surface area contributed by atoms with Crippen molar-refractivity contribution in [3.63, 3.8) is 0 Å². The summed E-state index contributed by atoms with van der Waals surface area (Å²) in [7, 11) is -8.20. The molecule has 0 aromatic heterocycles. The Bertz CT molecular complexity index is 4790. The molecule has 17 N–H and O–H groups in total. The van der Waals surface area contributed by atoms with Crippen LogP contribution in [0.4, 0.5) is 62.6 Å². The molecular weight excluding hydrogens is 1460 g/mol. The Kier molecular flexibility index (Phi) is 33.1. The predicted molar refractivity (Wildman–Crippen MR) is 428 cm³/mol. The number of sulfonamides is 2. The zero-order valence-electron chi connectivity index (χ0n) is 57.6. The molecule has 33 heteroatoms. The Balaban J connectivity index is 0.000000199. The molecule has 0 atom stereocenters. The van der Waals surface area contributed by atoms with Crippen LogP contribution in [0.5, 0.6) is 5.75 Å². The van der Waals surface area contributed by atoms with E-state index in [-0.39, 0.29) is 37.8 Å². The minimum Gasteiger partial charge on any atom is -0.494 e. The van der Waals surface area contributed by atoms with Crippen LogP contribution in [0.15, 0.2) is 287 Å². The smallest absolute Gasteiger partial charge is 0.262 e. The first kappa shape index (κ1) is 81.4. The Labute approximate surface area is 632 Å². The average Bonchev–Trinajstić information content (AvgIpc) is 0.760. The predicted octanol–water partition coefficient (Wildman–Crippen LogP) is 11.5. The molecule has 0 radical (unpaired) electrons. The Morgan fingerprint density at radius 2 is 0.676 bits per heavy atom. The monoisotopic (exact) mass is 1530 g/mol. The van der Waals surface area contributed by atoms with Crippen LogP contribution in [-0.4, -0.2) is 72.9 Å². The molecule has 11 aromatic rings. The highest BCUT2D eigenvalue weighted by Gasteiger charge is 2.23. The zero-order valence-corrected chi connectivity index (χ0v) is 60.9. The summed E-state index contributed by atoms with van der Waals surface area (Å²) in [5.41, 5.74) is 39.0. The minimum absolute atomic E-state index is 0.102. The van der Waals surface area contributed by atoms with Crippen LogP contribution in [0.25, 0.3) is 10.8 Å². The number of rotatable bonds is 32. The van der Waals surface area contributed by atoms with Gasteiger partial charge in [0.05, 0.1) is 50.5 Å². The first-order valence-electron chi connectivity index (χ1n) is 32.2. The van der Waals surface area contributed by atoms with Crippen molar-refractivity contribution in [1.82, 2.24) is 32.6 Å². The van der Waals surface area contributed by atoms with Crippen molar-refractivity contribution in [3.8, 4) is 5.75 Å². The van der Waals surface area contributed by atoms with Gasteiger partial charge in [-0.05, 0) is 220 Å². The van der Waals surface area contributed by atoms with Crippen molar-refractivity contribution in [2.45, 2.75) is 33.4 Å². The van der Waals surface area contributed by atoms with E-state index in [9.17, 15) is 50.4 Å². The van der Waals surface area contributed by atoms with Crippen LogP contribution >= 0.6 is 24.0 Å². The Morgan fingerprint density at radius 3 is 1.05 bits per heavy atom. The fourth-order valence-corrected chi connectivity index (χ4v) is 12.8. The van der Waals surface area contributed by atoms with Crippen molar-refractivity contribution < 1.29 is 55.1 Å². The van der Waals surface area contributed by atoms with Crippen LogP contribution < -0.4 is 95.2 Å². The molecule has 0 unspecified atom stereocenters. The van der Waals surface area contributed by atoms with Crippen molar-refractivity contribution in [2.24, 2.45) is 0 Å². The van der Waals surface area contributed by atoms with Crippen LogP contribution in [0.2, 0.25) is 0 Å². The number of anilines is 11. The molecule has 0 saturated heterocycles. The second kappa shape index (κ2) is 43.9. The highest BCUT2D eigenvalue weighted by molar-refractivity contribution is 7.99. The van der Waals surface area contributed by atoms with Crippen LogP contribution in [0, 0.1) is 6.92 Å². The number of hydrazine groups is 6. The second-order valence-electron chi connectivity index (χ2n) is 21.6. The van der Waals surface area contributed by atoms with E-state index in [2.05, 4.69) is 103 Å². The number of ether oxygens (including phenoxy) is 1. The van der Waals surface area contributed by atoms with Gasteiger partial charge in [-0.25, -0.2) is 16.8 Å². The van der Waals surface area contributed by atoms with Crippen LogP contribution in [0.3, 0.4) is 0 Å². The number of nitrogens with one attached hydrogen (secondary N) is 17. The lowest BCUT2D eigenvalue weighted by molar-refractivity contribution is -0.109. The number of carbonyl (C=O) groups excluding carboxylic acids is 7. The first-order valence-corrected chi connectivity index (χ1v) is 36.4. The van der Waals surface area contributed by atoms with Crippen molar-refractivity contribution in [1.29, 1.82) is 0 Å². The third-order valence-corrected chi connectivity index (χ3v) is 18.0. The summed E-state index contributed by atoms with van der Waals surface area (Å²) < 4.78 is 63.2. The molecule has 0 aliphatic heterocycles. The molecule has 11 rings (SSSR count). The van der Waals surface area contributed by atoms with Crippen LogP contribution in [-0.2, 0) is 48.8 Å². The summed E-state index contributed by atoms with van der Waals surface area (Å²) in [6, 6.07) is 77.8. The topological polar surface area (TPSA) is 402 Å². The van der Waals surface area contributed by atoms with E-state index in [1.807, 2.05) is 153 Å². The van der Waals surface area contributed by atoms with Gasteiger partial charge in [0.25, 0.3) is 26.0 Å². The zero-order chi connectivity index (χ0) is 77.2. The molecule has 0 aliphatic carbocycles. The second-order valence-corrected chi connectivity index (χ2v) is 26.5. The van der Waals surface area contributed by atoms with Gasteiger partial charge in [0, 0.05) is 54.6 Å². The van der Waals surface area contributed by atoms with Gasteiger partial charge in [-0.3, -0.25) is 108 Å². The van der Waals surface area contributed by atoms with Gasteiger partial charge in [-0.15, -0.1) is 0 Å². The summed E-state index contributed by atoms with van der Waals surface area (Å²) in [5.74, 6) is 0.666. The number of hydrogen-bond donors (Lipinski definition) is 17. The third-order valence-electron chi connectivity index (χ3n) is 13.9. The summed E-state index contributed by atoms with van der Waals surface area (Å²) >= 11 is 6.93. The molecule has 0 bridgehead atoms. The largest absolute Gasteiger partial charge is 0.494 e. The van der Waals surface area contributed by atoms with E-state index in [4.69, 9.17) is 17.0 Å². The number of thiocarbonyl (C=S) groups is 1. The maximum Gasteiger partial charge on any atom is 0.262 e. The number of para-hydroxylation sites is 1. The maximum atomic E-state index is 13.2. The Morgan fingerprint density at radius 1 is 0.361 bits per heavy atom. The quantitative estimate of drug-likeness (QED) is 0.0106. The lowest BCUT2D eigenvalue weighted by Gasteiger charge is -2.14. The molecular formula is C75H75N17O12S4. The number of amides is 7. The summed E-state index contributed by atoms with van der Waals surface area (Å²) in [5, 5.41) is 9.93. The number of aryl methyl sites for hydroxylation is 1. The molecule has 556 valence electrons. The van der Waals surface area contributed by atoms with E-state index in [0.29, 0.717) is 72.8 Å². The normalized spacial score (nSPS) is 10.1. The minimum atomic E-state index is -4.10. The van der Waals surface area contributed by atoms with Gasteiger partial charge in [0.2, 0.25) is 38.5 Å². The van der Waals surface area contributed by atoms with Gasteiger partial charge >= 0.3 is 0 Å². The van der Waals surface area contributed by atoms with Crippen LogP contribution in [0.1, 0.15) is 22.8 Å². The van der Waals surface area contributed by atoms with E-state index < -0.39 is 20.0 Å². The molecule has 0 saturated carbocycles. The number of carbonyl (C=O) groups is 7. The van der Waals surface area contributed by atoms with E-state index >= 15 is 0 Å². The van der Waals surface area contributed by atoms with E-state index in [0.717, 1.165) is 50.3 Å². The van der Waals surface area contributed by atoms with Crippen molar-refractivity contribution in [3.05, 3.63) is 278 Å². The number of benzene rings is 11. The lowest BCUT2D eigenvalue weighted by atomic mass is 10.1. The molecule has 11 aromatic carbocycles. The van der Waals surface area contributed by atoms with Crippen molar-refractivity contribution in [2.75, 3.05) is 64.6 Å². The standard InChI is InChI=1S/C24H22N6O6S2.C15H15N3O2.C14H14N4OS.C13H12N2OS.C9H12N2O2/c31-15-25-27-17-7-11-19(12-8-17)29-37(33,34)23-5-1-3-21-22(23)4-2-6-24(21)38(35,36)30-20-13-9-18(10-14-20)28-26-16-32;1-11-3-2-4-12(9-11)15(20)17-13-5-7-14(8-6-13)18-16-10-19;19-10-15-18-13-8-6-12(7-9-13)17-14(20)16-11-4-2-1-3-5-11;16-10-14-15-11-6-8-13(9-7-11)17-12-4-2-1-3-5-12;1-2-13-9-5-3-8(4-6-9)11-10-7-12/h1-16,27-30H,(H,25,31)(H,26,32);2-10,18H,1H3,(H,16,19)(H,17,20);1-10,18H,(H,15,19)(H2,16,17,20);1-10,15H,(H,14,16);3-7,11H,2H2,1H3,(H,10,12). The maximum absolute atomic E-state index is 13.2. The molecule has 7 amide bonds. The fourth-order valence-electron chi connectivity index (χ4n) is 9.17. The van der Waals surface area contributed by atoms with E-state index in [1.165, 1.54) is 65.6 Å². The molecule has 0 aliphatic rings. The van der Waals surface area contributed by atoms with Gasteiger partial charge in [-0.1, -0.05) is 90.1 Å². The lowest BCUT2D eigenvalue weighted by Crippen LogP contribution is -2.20. The van der Waals surface area contributed by atoms with Crippen molar-refractivity contribution >= 4 is 167 Å². The van der Waals surface area contributed by atoms with Gasteiger partial charge in [0.15, 0.2) is 5.11 Å². The molecule has 0 fully saturated rings. The van der Waals surface area contributed by atoms with Gasteiger partial charge < -0.3 is 20.7 Å².